The molecule has 1 atom stereocenters. The van der Waals surface area contributed by atoms with Crippen LogP contribution in [0.4, 0.5) is 28.0 Å². The SMILES string of the molecule is CO[C@]1(C(F)(F)F)NC(=O)N(c2ccc(F)cc2)C1=O. The van der Waals surface area contributed by atoms with Gasteiger partial charge in [0.05, 0.1) is 5.69 Å². The van der Waals surface area contributed by atoms with Gasteiger partial charge in [0.1, 0.15) is 5.82 Å². The number of nitrogens with zero attached hydrogens (tertiary/aromatic N) is 1. The molecule has 1 aliphatic rings. The van der Waals surface area contributed by atoms with Crippen molar-refractivity contribution in [2.24, 2.45) is 0 Å². The summed E-state index contributed by atoms with van der Waals surface area (Å²) in [6, 6.07) is 2.54. The Hall–Kier alpha value is -2.16. The summed E-state index contributed by atoms with van der Waals surface area (Å²) in [6.07, 6.45) is -5.14. The summed E-state index contributed by atoms with van der Waals surface area (Å²) in [7, 11) is 0.653. The molecule has 1 N–H and O–H groups in total. The quantitative estimate of drug-likeness (QED) is 0.668. The highest BCUT2D eigenvalue weighted by Crippen LogP contribution is 2.37. The molecule has 3 amide bonds. The van der Waals surface area contributed by atoms with E-state index < -0.39 is 29.7 Å². The van der Waals surface area contributed by atoms with Gasteiger partial charge in [0, 0.05) is 7.11 Å². The second kappa shape index (κ2) is 4.44. The van der Waals surface area contributed by atoms with Crippen molar-refractivity contribution in [2.75, 3.05) is 12.0 Å². The predicted molar refractivity (Wildman–Crippen MR) is 58.2 cm³/mol. The van der Waals surface area contributed by atoms with E-state index in [-0.39, 0.29) is 10.6 Å². The molecule has 0 unspecified atom stereocenters. The first kappa shape index (κ1) is 14.3. The second-order valence-corrected chi connectivity index (χ2v) is 3.93. The fraction of sp³-hybridized carbons (Fsp3) is 0.273. The minimum Gasteiger partial charge on any atom is -0.344 e. The summed E-state index contributed by atoms with van der Waals surface area (Å²) in [5, 5.41) is 1.47. The Balaban J connectivity index is 2.46. The van der Waals surface area contributed by atoms with E-state index >= 15 is 0 Å². The third kappa shape index (κ3) is 1.90. The predicted octanol–water partition coefficient (Wildman–Crippen LogP) is 1.79. The van der Waals surface area contributed by atoms with Crippen LogP contribution in [0, 0.1) is 5.82 Å². The van der Waals surface area contributed by atoms with Gasteiger partial charge in [-0.1, -0.05) is 0 Å². The molecule has 0 saturated carbocycles. The molecular formula is C11H8F4N2O3. The zero-order chi connectivity index (χ0) is 15.1. The lowest BCUT2D eigenvalue weighted by Gasteiger charge is -2.26. The van der Waals surface area contributed by atoms with Crippen LogP contribution in [0.3, 0.4) is 0 Å². The summed E-state index contributed by atoms with van der Waals surface area (Å²) in [5.74, 6) is -2.29. The maximum absolute atomic E-state index is 12.9. The summed E-state index contributed by atoms with van der Waals surface area (Å²) in [6.45, 7) is 0. The zero-order valence-corrected chi connectivity index (χ0v) is 9.99. The largest absolute Gasteiger partial charge is 0.446 e. The maximum Gasteiger partial charge on any atom is 0.446 e. The van der Waals surface area contributed by atoms with Crippen LogP contribution in [-0.4, -0.2) is 30.9 Å². The number of alkyl halides is 3. The minimum atomic E-state index is -5.14. The van der Waals surface area contributed by atoms with E-state index in [0.717, 1.165) is 24.3 Å². The van der Waals surface area contributed by atoms with Crippen LogP contribution in [0.1, 0.15) is 0 Å². The molecule has 108 valence electrons. The first-order valence-corrected chi connectivity index (χ1v) is 5.27. The zero-order valence-electron chi connectivity index (χ0n) is 9.99. The second-order valence-electron chi connectivity index (χ2n) is 3.93. The van der Waals surface area contributed by atoms with Crippen LogP contribution in [0.2, 0.25) is 0 Å². The standard InChI is InChI=1S/C11H8F4N2O3/c1-20-10(11(13,14)15)8(18)17(9(19)16-10)7-4-2-6(12)3-5-7/h2-5H,1H3,(H,16,19)/t10-/m1/s1. The van der Waals surface area contributed by atoms with Crippen molar-refractivity contribution in [1.82, 2.24) is 5.32 Å². The molecule has 0 aromatic heterocycles. The molecule has 9 heteroatoms. The number of ether oxygens (including phenoxy) is 1. The third-order valence-electron chi connectivity index (χ3n) is 2.78. The molecule has 0 aliphatic carbocycles. The van der Waals surface area contributed by atoms with Crippen molar-refractivity contribution in [3.05, 3.63) is 30.1 Å². The first-order chi connectivity index (χ1) is 9.23. The van der Waals surface area contributed by atoms with Crippen molar-refractivity contribution in [3.8, 4) is 0 Å². The molecule has 1 saturated heterocycles. The number of carbonyl (C=O) groups excluding carboxylic acids is 2. The number of nitrogens with one attached hydrogen (secondary N) is 1. The van der Waals surface area contributed by atoms with Gasteiger partial charge < -0.3 is 4.74 Å². The van der Waals surface area contributed by atoms with Crippen molar-refractivity contribution in [3.63, 3.8) is 0 Å². The highest BCUT2D eigenvalue weighted by molar-refractivity contribution is 6.23. The molecule has 5 nitrogen and oxygen atoms in total. The van der Waals surface area contributed by atoms with Crippen molar-refractivity contribution in [1.29, 1.82) is 0 Å². The summed E-state index contributed by atoms with van der Waals surface area (Å²) in [4.78, 5) is 23.8. The lowest BCUT2D eigenvalue weighted by Crippen LogP contribution is -2.60. The number of methoxy groups -OCH3 is 1. The number of imide groups is 1. The molecule has 1 aliphatic heterocycles. The number of halogens is 4. The fourth-order valence-corrected chi connectivity index (χ4v) is 1.78. The van der Waals surface area contributed by atoms with Crippen LogP contribution in [0.5, 0.6) is 0 Å². The van der Waals surface area contributed by atoms with Crippen LogP contribution in [-0.2, 0) is 9.53 Å². The van der Waals surface area contributed by atoms with Crippen LogP contribution < -0.4 is 10.2 Å². The van der Waals surface area contributed by atoms with E-state index in [9.17, 15) is 27.2 Å². The van der Waals surface area contributed by atoms with E-state index in [0.29, 0.717) is 7.11 Å². The number of hydrogen-bond acceptors (Lipinski definition) is 3. The van der Waals surface area contributed by atoms with Gasteiger partial charge in [-0.25, -0.2) is 14.1 Å². The number of benzene rings is 1. The number of rotatable bonds is 2. The number of carbonyl (C=O) groups is 2. The molecule has 2 rings (SSSR count). The Kier molecular flexibility index (Phi) is 3.17. The highest BCUT2D eigenvalue weighted by atomic mass is 19.4. The fourth-order valence-electron chi connectivity index (χ4n) is 1.78. The summed E-state index contributed by atoms with van der Waals surface area (Å²) in [5.41, 5.74) is -3.63. The lowest BCUT2D eigenvalue weighted by molar-refractivity contribution is -0.261. The number of urea groups is 1. The smallest absolute Gasteiger partial charge is 0.344 e. The van der Waals surface area contributed by atoms with E-state index in [4.69, 9.17) is 0 Å². The Morgan fingerprint density at radius 1 is 1.20 bits per heavy atom. The van der Waals surface area contributed by atoms with Gasteiger partial charge in [0.15, 0.2) is 0 Å². The molecule has 0 bridgehead atoms. The van der Waals surface area contributed by atoms with Crippen LogP contribution in [0.25, 0.3) is 0 Å². The van der Waals surface area contributed by atoms with Crippen molar-refractivity contribution < 1.29 is 31.9 Å². The summed E-state index contributed by atoms with van der Waals surface area (Å²) < 4.78 is 55.8. The Morgan fingerprint density at radius 2 is 1.75 bits per heavy atom. The van der Waals surface area contributed by atoms with Gasteiger partial charge in [0.25, 0.3) is 5.91 Å². The average molecular weight is 292 g/mol. The maximum atomic E-state index is 12.9. The van der Waals surface area contributed by atoms with Gasteiger partial charge in [0.2, 0.25) is 0 Å². The Labute approximate surface area is 110 Å². The molecule has 1 aromatic rings. The number of hydrogen-bond donors (Lipinski definition) is 1. The van der Waals surface area contributed by atoms with E-state index in [1.54, 1.807) is 0 Å². The van der Waals surface area contributed by atoms with Gasteiger partial charge in [-0.2, -0.15) is 13.2 Å². The Morgan fingerprint density at radius 3 is 2.15 bits per heavy atom. The van der Waals surface area contributed by atoms with Crippen LogP contribution >= 0.6 is 0 Å². The molecule has 0 spiro atoms. The van der Waals surface area contributed by atoms with E-state index in [1.807, 2.05) is 0 Å². The van der Waals surface area contributed by atoms with Gasteiger partial charge in [-0.3, -0.25) is 10.1 Å². The third-order valence-corrected chi connectivity index (χ3v) is 2.78. The molecule has 0 radical (unpaired) electrons. The highest BCUT2D eigenvalue weighted by Gasteiger charge is 2.69. The Bertz CT molecular complexity index is 558. The van der Waals surface area contributed by atoms with Crippen LogP contribution in [0.15, 0.2) is 24.3 Å². The van der Waals surface area contributed by atoms with Gasteiger partial charge in [-0.05, 0) is 24.3 Å². The van der Waals surface area contributed by atoms with Crippen molar-refractivity contribution >= 4 is 17.6 Å². The average Bonchev–Trinajstić information content (AvgIpc) is 2.62. The van der Waals surface area contributed by atoms with Gasteiger partial charge >= 0.3 is 17.9 Å². The number of amides is 3. The molecule has 1 fully saturated rings. The topological polar surface area (TPSA) is 58.6 Å². The molecule has 1 aromatic carbocycles. The summed E-state index contributed by atoms with van der Waals surface area (Å²) >= 11 is 0. The van der Waals surface area contributed by atoms with Gasteiger partial charge in [-0.15, -0.1) is 0 Å². The normalized spacial score (nSPS) is 23.1. The number of anilines is 1. The molecular weight excluding hydrogens is 284 g/mol. The minimum absolute atomic E-state index is 0.197. The first-order valence-electron chi connectivity index (χ1n) is 5.27. The molecule has 20 heavy (non-hydrogen) atoms. The van der Waals surface area contributed by atoms with E-state index in [2.05, 4.69) is 4.74 Å². The van der Waals surface area contributed by atoms with E-state index in [1.165, 1.54) is 5.32 Å². The lowest BCUT2D eigenvalue weighted by atomic mass is 10.2. The molecule has 1 heterocycles. The monoisotopic (exact) mass is 292 g/mol. The van der Waals surface area contributed by atoms with Crippen molar-refractivity contribution in [2.45, 2.75) is 11.9 Å².